The van der Waals surface area contributed by atoms with Crippen molar-refractivity contribution in [2.75, 3.05) is 5.88 Å². The molecule has 0 aliphatic rings. The van der Waals surface area contributed by atoms with Crippen LogP contribution >= 0.6 is 38.9 Å². The average molecular weight is 373 g/mol. The van der Waals surface area contributed by atoms with E-state index in [1.807, 2.05) is 50.2 Å². The minimum Gasteiger partial charge on any atom is -0.341 e. The Kier molecular flexibility index (Phi) is 4.89. The van der Waals surface area contributed by atoms with Crippen LogP contribution in [-0.4, -0.2) is 11.8 Å². The summed E-state index contributed by atoms with van der Waals surface area (Å²) in [6.45, 7) is 3.90. The molecule has 5 heteroatoms. The maximum Gasteiger partial charge on any atom is 0.262 e. The topological polar surface area (TPSA) is 29.1 Å². The summed E-state index contributed by atoms with van der Waals surface area (Å²) in [5, 5.41) is 3.03. The molecule has 0 aliphatic heterocycles. The van der Waals surface area contributed by atoms with E-state index in [1.165, 1.54) is 11.3 Å². The number of benzene rings is 1. The maximum absolute atomic E-state index is 12.4. The summed E-state index contributed by atoms with van der Waals surface area (Å²) < 4.78 is 0.981. The molecule has 0 saturated heterocycles. The van der Waals surface area contributed by atoms with Gasteiger partial charge in [-0.15, -0.1) is 22.9 Å². The van der Waals surface area contributed by atoms with Crippen molar-refractivity contribution in [3.8, 4) is 0 Å². The first-order valence-corrected chi connectivity index (χ1v) is 8.30. The predicted molar refractivity (Wildman–Crippen MR) is 88.7 cm³/mol. The molecule has 2 rings (SSSR count). The van der Waals surface area contributed by atoms with Gasteiger partial charge in [-0.2, -0.15) is 0 Å². The van der Waals surface area contributed by atoms with Crippen molar-refractivity contribution in [3.05, 3.63) is 56.2 Å². The number of nitrogens with one attached hydrogen (secondary N) is 1. The zero-order valence-corrected chi connectivity index (χ0v) is 14.4. The van der Waals surface area contributed by atoms with Gasteiger partial charge < -0.3 is 5.32 Å². The fraction of sp³-hybridized carbons (Fsp3) is 0.267. The van der Waals surface area contributed by atoms with E-state index in [0.717, 1.165) is 14.9 Å². The van der Waals surface area contributed by atoms with E-state index in [0.29, 0.717) is 10.8 Å². The van der Waals surface area contributed by atoms with Crippen molar-refractivity contribution in [2.45, 2.75) is 19.4 Å². The van der Waals surface area contributed by atoms with Gasteiger partial charge in [0.2, 0.25) is 0 Å². The van der Waals surface area contributed by atoms with Crippen molar-refractivity contribution in [1.29, 1.82) is 0 Å². The molecular formula is C15H15BrClNOS. The SMILES string of the molecule is Cc1cc(C(=O)NC(C)(CCl)c2ccccc2)sc1Br. The van der Waals surface area contributed by atoms with Crippen molar-refractivity contribution < 1.29 is 4.79 Å². The Morgan fingerprint density at radius 1 is 1.40 bits per heavy atom. The van der Waals surface area contributed by atoms with Gasteiger partial charge in [-0.3, -0.25) is 4.79 Å². The van der Waals surface area contributed by atoms with Gasteiger partial charge in [0, 0.05) is 5.88 Å². The first kappa shape index (κ1) is 15.5. The third-order valence-corrected chi connectivity index (χ3v) is 5.82. The fourth-order valence-corrected chi connectivity index (χ4v) is 3.52. The number of thiophene rings is 1. The van der Waals surface area contributed by atoms with E-state index < -0.39 is 5.54 Å². The summed E-state index contributed by atoms with van der Waals surface area (Å²) in [4.78, 5) is 13.1. The number of amides is 1. The third kappa shape index (κ3) is 3.25. The van der Waals surface area contributed by atoms with Crippen LogP contribution in [0.3, 0.4) is 0 Å². The van der Waals surface area contributed by atoms with Gasteiger partial charge in [-0.1, -0.05) is 30.3 Å². The number of hydrogen-bond donors (Lipinski definition) is 1. The molecule has 1 aromatic carbocycles. The standard InChI is InChI=1S/C15H15BrClNOS/c1-10-8-12(20-13(10)16)14(19)18-15(2,9-17)11-6-4-3-5-7-11/h3-8H,9H2,1-2H3,(H,18,19). The average Bonchev–Trinajstić information content (AvgIpc) is 2.79. The van der Waals surface area contributed by atoms with Crippen LogP contribution in [0.15, 0.2) is 40.2 Å². The van der Waals surface area contributed by atoms with Crippen LogP contribution in [0.2, 0.25) is 0 Å². The maximum atomic E-state index is 12.4. The summed E-state index contributed by atoms with van der Waals surface area (Å²) in [6.07, 6.45) is 0. The Hall–Kier alpha value is -0.840. The van der Waals surface area contributed by atoms with Gasteiger partial charge in [-0.25, -0.2) is 0 Å². The number of carbonyl (C=O) groups is 1. The summed E-state index contributed by atoms with van der Waals surface area (Å²) in [5.74, 6) is 0.213. The van der Waals surface area contributed by atoms with E-state index >= 15 is 0 Å². The van der Waals surface area contributed by atoms with Crippen molar-refractivity contribution >= 4 is 44.8 Å². The molecule has 1 heterocycles. The highest BCUT2D eigenvalue weighted by atomic mass is 79.9. The van der Waals surface area contributed by atoms with Gasteiger partial charge in [0.05, 0.1) is 14.2 Å². The lowest BCUT2D eigenvalue weighted by Crippen LogP contribution is -2.44. The second kappa shape index (κ2) is 6.29. The molecule has 1 amide bonds. The quantitative estimate of drug-likeness (QED) is 0.774. The second-order valence-corrected chi connectivity index (χ2v) is 7.49. The molecule has 0 spiro atoms. The van der Waals surface area contributed by atoms with Crippen LogP contribution in [0, 0.1) is 6.92 Å². The predicted octanol–water partition coefficient (Wildman–Crippen LogP) is 4.70. The van der Waals surface area contributed by atoms with Crippen LogP contribution in [0.25, 0.3) is 0 Å². The lowest BCUT2D eigenvalue weighted by Gasteiger charge is -2.29. The van der Waals surface area contributed by atoms with Crippen LogP contribution in [0.5, 0.6) is 0 Å². The first-order chi connectivity index (χ1) is 9.46. The van der Waals surface area contributed by atoms with E-state index in [2.05, 4.69) is 21.2 Å². The number of alkyl halides is 1. The smallest absolute Gasteiger partial charge is 0.262 e. The van der Waals surface area contributed by atoms with Crippen molar-refractivity contribution in [1.82, 2.24) is 5.32 Å². The van der Waals surface area contributed by atoms with Gasteiger partial charge in [0.15, 0.2) is 0 Å². The summed E-state index contributed by atoms with van der Waals surface area (Å²) in [7, 11) is 0. The highest BCUT2D eigenvalue weighted by molar-refractivity contribution is 9.11. The van der Waals surface area contributed by atoms with Gasteiger partial charge in [0.25, 0.3) is 5.91 Å². The highest BCUT2D eigenvalue weighted by Crippen LogP contribution is 2.29. The number of aryl methyl sites for hydroxylation is 1. The molecule has 0 saturated carbocycles. The van der Waals surface area contributed by atoms with Gasteiger partial charge in [0.1, 0.15) is 0 Å². The number of carbonyl (C=O) groups excluding carboxylic acids is 1. The molecule has 20 heavy (non-hydrogen) atoms. The summed E-state index contributed by atoms with van der Waals surface area (Å²) >= 11 is 11.0. The summed E-state index contributed by atoms with van der Waals surface area (Å²) in [6, 6.07) is 11.6. The molecule has 1 N–H and O–H groups in total. The zero-order valence-electron chi connectivity index (χ0n) is 11.2. The Morgan fingerprint density at radius 3 is 2.55 bits per heavy atom. The van der Waals surface area contributed by atoms with E-state index in [1.54, 1.807) is 0 Å². The Balaban J connectivity index is 2.24. The number of halogens is 2. The second-order valence-electron chi connectivity index (χ2n) is 4.85. The van der Waals surface area contributed by atoms with Crippen LogP contribution in [-0.2, 0) is 5.54 Å². The fourth-order valence-electron chi connectivity index (χ4n) is 1.87. The van der Waals surface area contributed by atoms with Gasteiger partial charge >= 0.3 is 0 Å². The largest absolute Gasteiger partial charge is 0.341 e. The Morgan fingerprint density at radius 2 is 2.05 bits per heavy atom. The minimum atomic E-state index is -0.579. The van der Waals surface area contributed by atoms with Crippen LogP contribution in [0.4, 0.5) is 0 Å². The molecular weight excluding hydrogens is 358 g/mol. The lowest BCUT2D eigenvalue weighted by atomic mass is 9.94. The monoisotopic (exact) mass is 371 g/mol. The van der Waals surface area contributed by atoms with Crippen LogP contribution in [0.1, 0.15) is 27.7 Å². The normalized spacial score (nSPS) is 13.8. The Bertz CT molecular complexity index is 594. The van der Waals surface area contributed by atoms with Crippen molar-refractivity contribution in [2.24, 2.45) is 0 Å². The number of hydrogen-bond acceptors (Lipinski definition) is 2. The minimum absolute atomic E-state index is 0.101. The third-order valence-electron chi connectivity index (χ3n) is 3.15. The molecule has 2 nitrogen and oxygen atoms in total. The van der Waals surface area contributed by atoms with E-state index in [-0.39, 0.29) is 5.91 Å². The van der Waals surface area contributed by atoms with E-state index in [9.17, 15) is 4.79 Å². The van der Waals surface area contributed by atoms with Crippen LogP contribution < -0.4 is 5.32 Å². The molecule has 0 aliphatic carbocycles. The molecule has 0 bridgehead atoms. The number of rotatable bonds is 4. The molecule has 2 aromatic rings. The first-order valence-electron chi connectivity index (χ1n) is 6.16. The molecule has 1 aromatic heterocycles. The van der Waals surface area contributed by atoms with Crippen molar-refractivity contribution in [3.63, 3.8) is 0 Å². The molecule has 0 radical (unpaired) electrons. The molecule has 106 valence electrons. The summed E-state index contributed by atoms with van der Waals surface area (Å²) in [5.41, 5.74) is 1.48. The Labute approximate surface area is 136 Å². The molecule has 1 atom stereocenters. The van der Waals surface area contributed by atoms with E-state index in [4.69, 9.17) is 11.6 Å². The molecule has 0 fully saturated rings. The van der Waals surface area contributed by atoms with Gasteiger partial charge in [-0.05, 0) is 47.0 Å². The highest BCUT2D eigenvalue weighted by Gasteiger charge is 2.28. The lowest BCUT2D eigenvalue weighted by molar-refractivity contribution is 0.0917. The zero-order chi connectivity index (χ0) is 14.8. The molecule has 1 unspecified atom stereocenters.